The van der Waals surface area contributed by atoms with Crippen LogP contribution in [0.15, 0.2) is 24.3 Å². The van der Waals surface area contributed by atoms with E-state index in [-0.39, 0.29) is 23.3 Å². The molecule has 0 radical (unpaired) electrons. The fourth-order valence-corrected chi connectivity index (χ4v) is 3.28. The summed E-state index contributed by atoms with van der Waals surface area (Å²) in [6, 6.07) is 7.69. The molecule has 1 aromatic rings. The second-order valence-electron chi connectivity index (χ2n) is 6.80. The number of rotatable bonds is 7. The minimum atomic E-state index is -0.384. The Balaban J connectivity index is 1.58. The Bertz CT molecular complexity index is 587. The van der Waals surface area contributed by atoms with E-state index < -0.39 is 0 Å². The van der Waals surface area contributed by atoms with Gasteiger partial charge in [-0.1, -0.05) is 19.1 Å². The molecule has 2 fully saturated rings. The number of amides is 2. The summed E-state index contributed by atoms with van der Waals surface area (Å²) in [5.74, 6) is 0.126. The van der Waals surface area contributed by atoms with Gasteiger partial charge < -0.3 is 15.4 Å². The van der Waals surface area contributed by atoms with E-state index >= 15 is 0 Å². The van der Waals surface area contributed by atoms with E-state index in [9.17, 15) is 9.59 Å². The molecule has 130 valence electrons. The van der Waals surface area contributed by atoms with Crippen molar-refractivity contribution in [3.05, 3.63) is 29.8 Å². The standard InChI is InChI=1S/C19H26N2O3/c1-2-4-17(22)21-15-8-6-14(7-9-15)19(10-11-19)18(23)20-13-16-5-3-12-24-16/h6-9,16H,2-5,10-13H2,1H3,(H,20,23)(H,21,22). The van der Waals surface area contributed by atoms with Crippen molar-refractivity contribution in [3.8, 4) is 0 Å². The molecule has 5 heteroatoms. The van der Waals surface area contributed by atoms with Crippen LogP contribution in [-0.4, -0.2) is 31.1 Å². The largest absolute Gasteiger partial charge is 0.376 e. The quantitative estimate of drug-likeness (QED) is 0.808. The van der Waals surface area contributed by atoms with Gasteiger partial charge in [0.25, 0.3) is 0 Å². The average molecular weight is 330 g/mol. The lowest BCUT2D eigenvalue weighted by atomic mass is 9.94. The van der Waals surface area contributed by atoms with Gasteiger partial charge in [0.05, 0.1) is 11.5 Å². The maximum absolute atomic E-state index is 12.6. The van der Waals surface area contributed by atoms with E-state index in [4.69, 9.17) is 4.74 Å². The number of hydrogen-bond acceptors (Lipinski definition) is 3. The summed E-state index contributed by atoms with van der Waals surface area (Å²) in [6.45, 7) is 3.39. The first kappa shape index (κ1) is 17.0. The highest BCUT2D eigenvalue weighted by atomic mass is 16.5. The molecular weight excluding hydrogens is 304 g/mol. The number of hydrogen-bond donors (Lipinski definition) is 2. The van der Waals surface area contributed by atoms with E-state index in [2.05, 4.69) is 10.6 Å². The van der Waals surface area contributed by atoms with Gasteiger partial charge in [-0.2, -0.15) is 0 Å². The van der Waals surface area contributed by atoms with Gasteiger partial charge in [0.1, 0.15) is 0 Å². The summed E-state index contributed by atoms with van der Waals surface area (Å²) in [5, 5.41) is 5.93. The van der Waals surface area contributed by atoms with Gasteiger partial charge in [-0.05, 0) is 49.8 Å². The van der Waals surface area contributed by atoms with Crippen molar-refractivity contribution in [2.24, 2.45) is 0 Å². The highest BCUT2D eigenvalue weighted by Gasteiger charge is 2.51. The van der Waals surface area contributed by atoms with Gasteiger partial charge in [-0.25, -0.2) is 0 Å². The molecular formula is C19H26N2O3. The van der Waals surface area contributed by atoms with Gasteiger partial charge in [-0.3, -0.25) is 9.59 Å². The molecule has 1 unspecified atom stereocenters. The van der Waals surface area contributed by atoms with Gasteiger partial charge >= 0.3 is 0 Å². The molecule has 0 aromatic heterocycles. The molecule has 1 saturated carbocycles. The molecule has 3 rings (SSSR count). The number of carbonyl (C=O) groups excluding carboxylic acids is 2. The van der Waals surface area contributed by atoms with Gasteiger partial charge in [0.2, 0.25) is 11.8 Å². The summed E-state index contributed by atoms with van der Waals surface area (Å²) in [5.41, 5.74) is 1.43. The third-order valence-electron chi connectivity index (χ3n) is 4.90. The average Bonchev–Trinajstić information content (AvgIpc) is 3.22. The minimum Gasteiger partial charge on any atom is -0.376 e. The number of anilines is 1. The molecule has 1 heterocycles. The van der Waals surface area contributed by atoms with E-state index in [0.29, 0.717) is 13.0 Å². The van der Waals surface area contributed by atoms with E-state index in [1.54, 1.807) is 0 Å². The van der Waals surface area contributed by atoms with Crippen molar-refractivity contribution in [2.75, 3.05) is 18.5 Å². The van der Waals surface area contributed by atoms with Crippen molar-refractivity contribution >= 4 is 17.5 Å². The van der Waals surface area contributed by atoms with Crippen LogP contribution in [0.2, 0.25) is 0 Å². The van der Waals surface area contributed by atoms with Crippen molar-refractivity contribution in [1.82, 2.24) is 5.32 Å². The first-order valence-electron chi connectivity index (χ1n) is 8.94. The van der Waals surface area contributed by atoms with Crippen molar-refractivity contribution in [1.29, 1.82) is 0 Å². The molecule has 1 aromatic carbocycles. The Labute approximate surface area is 143 Å². The number of carbonyl (C=O) groups is 2. The minimum absolute atomic E-state index is 0.0284. The normalized spacial score (nSPS) is 21.3. The molecule has 24 heavy (non-hydrogen) atoms. The van der Waals surface area contributed by atoms with Gasteiger partial charge in [0, 0.05) is 25.3 Å². The lowest BCUT2D eigenvalue weighted by molar-refractivity contribution is -0.124. The summed E-state index contributed by atoms with van der Waals surface area (Å²) < 4.78 is 5.56. The molecule has 2 N–H and O–H groups in total. The summed E-state index contributed by atoms with van der Waals surface area (Å²) in [4.78, 5) is 24.2. The molecule has 1 saturated heterocycles. The summed E-state index contributed by atoms with van der Waals surface area (Å²) in [7, 11) is 0. The van der Waals surface area contributed by atoms with Crippen LogP contribution in [0.25, 0.3) is 0 Å². The molecule has 0 bridgehead atoms. The first-order chi connectivity index (χ1) is 11.6. The van der Waals surface area contributed by atoms with Crippen molar-refractivity contribution in [2.45, 2.75) is 57.0 Å². The summed E-state index contributed by atoms with van der Waals surface area (Å²) >= 11 is 0. The SMILES string of the molecule is CCCC(=O)Nc1ccc(C2(C(=O)NCC3CCCO3)CC2)cc1. The second-order valence-corrected chi connectivity index (χ2v) is 6.80. The van der Waals surface area contributed by atoms with Gasteiger partial charge in [0.15, 0.2) is 0 Å². The van der Waals surface area contributed by atoms with Crippen LogP contribution in [0.4, 0.5) is 5.69 Å². The Morgan fingerprint density at radius 3 is 2.58 bits per heavy atom. The molecule has 2 aliphatic rings. The molecule has 1 atom stereocenters. The highest BCUT2D eigenvalue weighted by molar-refractivity contribution is 5.92. The Morgan fingerprint density at radius 2 is 2.00 bits per heavy atom. The highest BCUT2D eigenvalue weighted by Crippen LogP contribution is 2.48. The van der Waals surface area contributed by atoms with E-state index in [0.717, 1.165) is 50.0 Å². The Kier molecular flexibility index (Phi) is 5.19. The third-order valence-corrected chi connectivity index (χ3v) is 4.90. The fourth-order valence-electron chi connectivity index (χ4n) is 3.28. The smallest absolute Gasteiger partial charge is 0.230 e. The number of benzene rings is 1. The number of nitrogens with one attached hydrogen (secondary N) is 2. The monoisotopic (exact) mass is 330 g/mol. The molecule has 1 aliphatic carbocycles. The predicted octanol–water partition coefficient (Wildman–Crippen LogP) is 2.75. The Morgan fingerprint density at radius 1 is 1.25 bits per heavy atom. The molecule has 2 amide bonds. The fraction of sp³-hybridized carbons (Fsp3) is 0.579. The van der Waals surface area contributed by atoms with Crippen LogP contribution in [0.5, 0.6) is 0 Å². The zero-order valence-electron chi connectivity index (χ0n) is 14.3. The predicted molar refractivity (Wildman–Crippen MR) is 92.9 cm³/mol. The maximum Gasteiger partial charge on any atom is 0.230 e. The first-order valence-corrected chi connectivity index (χ1v) is 8.94. The second kappa shape index (κ2) is 7.34. The van der Waals surface area contributed by atoms with Crippen LogP contribution in [-0.2, 0) is 19.7 Å². The summed E-state index contributed by atoms with van der Waals surface area (Å²) in [6.07, 6.45) is 5.39. The molecule has 0 spiro atoms. The Hall–Kier alpha value is -1.88. The van der Waals surface area contributed by atoms with E-state index in [1.807, 2.05) is 31.2 Å². The van der Waals surface area contributed by atoms with Crippen LogP contribution in [0.1, 0.15) is 51.0 Å². The lowest BCUT2D eigenvalue weighted by Crippen LogP contribution is -2.39. The maximum atomic E-state index is 12.6. The van der Waals surface area contributed by atoms with Crippen molar-refractivity contribution < 1.29 is 14.3 Å². The lowest BCUT2D eigenvalue weighted by Gasteiger charge is -2.18. The molecule has 5 nitrogen and oxygen atoms in total. The van der Waals surface area contributed by atoms with Crippen LogP contribution >= 0.6 is 0 Å². The number of ether oxygens (including phenoxy) is 1. The van der Waals surface area contributed by atoms with Crippen LogP contribution < -0.4 is 10.6 Å². The van der Waals surface area contributed by atoms with Crippen LogP contribution in [0, 0.1) is 0 Å². The van der Waals surface area contributed by atoms with Crippen LogP contribution in [0.3, 0.4) is 0 Å². The zero-order chi connectivity index (χ0) is 17.0. The zero-order valence-corrected chi connectivity index (χ0v) is 14.3. The van der Waals surface area contributed by atoms with Gasteiger partial charge in [-0.15, -0.1) is 0 Å². The third kappa shape index (κ3) is 3.78. The van der Waals surface area contributed by atoms with E-state index in [1.165, 1.54) is 0 Å². The topological polar surface area (TPSA) is 67.4 Å². The molecule has 1 aliphatic heterocycles. The van der Waals surface area contributed by atoms with Crippen molar-refractivity contribution in [3.63, 3.8) is 0 Å².